The molecule has 162 valence electrons. The fourth-order valence-corrected chi connectivity index (χ4v) is 2.64. The quantitative estimate of drug-likeness (QED) is 0.137. The second-order valence-electron chi connectivity index (χ2n) is 5.93. The highest BCUT2D eigenvalue weighted by Gasteiger charge is 2.30. The van der Waals surface area contributed by atoms with E-state index in [1.165, 1.54) is 18.7 Å². The molecule has 0 saturated heterocycles. The van der Waals surface area contributed by atoms with Gasteiger partial charge in [0.15, 0.2) is 0 Å². The first-order valence-electron chi connectivity index (χ1n) is 8.37. The standard InChI is InChI=1S/C15H28N4O7S2/c1-7(21)11(16)14(24)19-10(6-27)13(23)18-9(5-20)12(22)17-8(15(25)26)3-4-28-2/h7-11,20-21,27H,3-6,16H2,1-2H3,(H,17,22)(H,18,23)(H,19,24)(H,25,26). The number of thioether (sulfide) groups is 1. The molecule has 0 aliphatic heterocycles. The van der Waals surface area contributed by atoms with Gasteiger partial charge in [-0.2, -0.15) is 24.4 Å². The number of hydrogen-bond acceptors (Lipinski definition) is 9. The highest BCUT2D eigenvalue weighted by molar-refractivity contribution is 7.98. The number of carbonyl (C=O) groups excluding carboxylic acids is 3. The third kappa shape index (κ3) is 9.10. The molecular weight excluding hydrogens is 412 g/mol. The number of carboxylic acid groups (broad SMARTS) is 1. The van der Waals surface area contributed by atoms with E-state index in [0.29, 0.717) is 5.75 Å². The molecule has 0 bridgehead atoms. The Morgan fingerprint density at radius 2 is 1.54 bits per heavy atom. The molecule has 0 spiro atoms. The summed E-state index contributed by atoms with van der Waals surface area (Å²) in [5, 5.41) is 34.6. The fraction of sp³-hybridized carbons (Fsp3) is 0.733. The van der Waals surface area contributed by atoms with Gasteiger partial charge in [0.25, 0.3) is 0 Å². The van der Waals surface area contributed by atoms with Crippen molar-refractivity contribution in [2.24, 2.45) is 5.73 Å². The zero-order chi connectivity index (χ0) is 21.9. The summed E-state index contributed by atoms with van der Waals surface area (Å²) in [6.07, 6.45) is 0.807. The van der Waals surface area contributed by atoms with Crippen molar-refractivity contribution in [1.82, 2.24) is 16.0 Å². The first-order valence-corrected chi connectivity index (χ1v) is 10.4. The van der Waals surface area contributed by atoms with Gasteiger partial charge >= 0.3 is 5.97 Å². The Balaban J connectivity index is 4.95. The van der Waals surface area contributed by atoms with Gasteiger partial charge in [0.1, 0.15) is 24.2 Å². The van der Waals surface area contributed by atoms with Gasteiger partial charge in [0.2, 0.25) is 17.7 Å². The van der Waals surface area contributed by atoms with Crippen LogP contribution in [0.2, 0.25) is 0 Å². The van der Waals surface area contributed by atoms with Crippen LogP contribution in [0.25, 0.3) is 0 Å². The first kappa shape index (κ1) is 26.5. The Morgan fingerprint density at radius 1 is 1.04 bits per heavy atom. The molecular formula is C15H28N4O7S2. The predicted molar refractivity (Wildman–Crippen MR) is 107 cm³/mol. The number of amides is 3. The van der Waals surface area contributed by atoms with Crippen LogP contribution < -0.4 is 21.7 Å². The molecule has 0 saturated carbocycles. The lowest BCUT2D eigenvalue weighted by atomic mass is 10.1. The van der Waals surface area contributed by atoms with Gasteiger partial charge in [0.05, 0.1) is 12.7 Å². The van der Waals surface area contributed by atoms with Crippen molar-refractivity contribution in [2.75, 3.05) is 24.4 Å². The Kier molecular flexibility index (Phi) is 12.9. The molecule has 0 fully saturated rings. The lowest BCUT2D eigenvalue weighted by molar-refractivity contribution is -0.142. The van der Waals surface area contributed by atoms with E-state index in [0.717, 1.165) is 0 Å². The fourth-order valence-electron chi connectivity index (χ4n) is 1.91. The summed E-state index contributed by atoms with van der Waals surface area (Å²) >= 11 is 5.36. The molecule has 28 heavy (non-hydrogen) atoms. The highest BCUT2D eigenvalue weighted by atomic mass is 32.2. The van der Waals surface area contributed by atoms with Crippen molar-refractivity contribution in [1.29, 1.82) is 0 Å². The molecule has 0 aromatic carbocycles. The van der Waals surface area contributed by atoms with Crippen molar-refractivity contribution >= 4 is 48.1 Å². The van der Waals surface area contributed by atoms with Gasteiger partial charge < -0.3 is 37.0 Å². The second-order valence-corrected chi connectivity index (χ2v) is 7.29. The van der Waals surface area contributed by atoms with Crippen LogP contribution in [0, 0.1) is 0 Å². The van der Waals surface area contributed by atoms with Crippen LogP contribution in [0.5, 0.6) is 0 Å². The largest absolute Gasteiger partial charge is 0.480 e. The minimum absolute atomic E-state index is 0.144. The van der Waals surface area contributed by atoms with Crippen LogP contribution in [0.4, 0.5) is 0 Å². The van der Waals surface area contributed by atoms with Crippen molar-refractivity contribution in [2.45, 2.75) is 43.6 Å². The van der Waals surface area contributed by atoms with Gasteiger partial charge in [0, 0.05) is 5.75 Å². The maximum Gasteiger partial charge on any atom is 0.326 e. The van der Waals surface area contributed by atoms with Gasteiger partial charge in [-0.1, -0.05) is 0 Å². The highest BCUT2D eigenvalue weighted by Crippen LogP contribution is 2.02. The van der Waals surface area contributed by atoms with E-state index in [9.17, 15) is 29.4 Å². The molecule has 3 amide bonds. The Labute approximate surface area is 172 Å². The van der Waals surface area contributed by atoms with E-state index >= 15 is 0 Å². The summed E-state index contributed by atoms with van der Waals surface area (Å²) < 4.78 is 0. The topological polar surface area (TPSA) is 191 Å². The van der Waals surface area contributed by atoms with Crippen LogP contribution in [-0.2, 0) is 19.2 Å². The lowest BCUT2D eigenvalue weighted by Gasteiger charge is -2.24. The Morgan fingerprint density at radius 3 is 1.96 bits per heavy atom. The van der Waals surface area contributed by atoms with Crippen LogP contribution in [-0.4, -0.2) is 93.7 Å². The first-order chi connectivity index (χ1) is 13.1. The third-order valence-corrected chi connectivity index (χ3v) is 4.69. The number of thiol groups is 1. The zero-order valence-electron chi connectivity index (χ0n) is 15.6. The smallest absolute Gasteiger partial charge is 0.326 e. The van der Waals surface area contributed by atoms with Crippen molar-refractivity contribution < 1.29 is 34.5 Å². The normalized spacial score (nSPS) is 16.2. The van der Waals surface area contributed by atoms with E-state index in [4.69, 9.17) is 10.8 Å². The lowest BCUT2D eigenvalue weighted by Crippen LogP contribution is -2.59. The summed E-state index contributed by atoms with van der Waals surface area (Å²) in [6, 6.07) is -5.04. The average molecular weight is 441 g/mol. The number of hydrogen-bond donors (Lipinski definition) is 8. The van der Waals surface area contributed by atoms with E-state index < -0.39 is 60.6 Å². The molecule has 0 aliphatic carbocycles. The average Bonchev–Trinajstić information content (AvgIpc) is 2.65. The molecule has 5 atom stereocenters. The van der Waals surface area contributed by atoms with E-state index in [1.54, 1.807) is 6.26 Å². The van der Waals surface area contributed by atoms with E-state index in [2.05, 4.69) is 28.6 Å². The van der Waals surface area contributed by atoms with Crippen molar-refractivity contribution in [3.05, 3.63) is 0 Å². The molecule has 13 heteroatoms. The molecule has 0 aromatic heterocycles. The van der Waals surface area contributed by atoms with Gasteiger partial charge in [-0.3, -0.25) is 14.4 Å². The predicted octanol–water partition coefficient (Wildman–Crippen LogP) is -3.09. The summed E-state index contributed by atoms with van der Waals surface area (Å²) in [7, 11) is 0. The van der Waals surface area contributed by atoms with Gasteiger partial charge in [-0.05, 0) is 25.4 Å². The Hall–Kier alpha value is -1.54. The van der Waals surface area contributed by atoms with Crippen LogP contribution in [0.3, 0.4) is 0 Å². The zero-order valence-corrected chi connectivity index (χ0v) is 17.3. The van der Waals surface area contributed by atoms with Gasteiger partial charge in [-0.25, -0.2) is 4.79 Å². The summed E-state index contributed by atoms with van der Waals surface area (Å²) in [5.74, 6) is -3.39. The summed E-state index contributed by atoms with van der Waals surface area (Å²) in [4.78, 5) is 47.5. The van der Waals surface area contributed by atoms with Crippen molar-refractivity contribution in [3.63, 3.8) is 0 Å². The van der Waals surface area contributed by atoms with Crippen LogP contribution >= 0.6 is 24.4 Å². The molecule has 0 heterocycles. The second kappa shape index (κ2) is 13.6. The minimum Gasteiger partial charge on any atom is -0.480 e. The minimum atomic E-state index is -1.42. The number of carbonyl (C=O) groups is 4. The Bertz CT molecular complexity index is 550. The molecule has 0 rings (SSSR count). The van der Waals surface area contributed by atoms with E-state index in [1.807, 2.05) is 0 Å². The number of nitrogens with two attached hydrogens (primary N) is 1. The summed E-state index contributed by atoms with van der Waals surface area (Å²) in [6.45, 7) is 0.523. The molecule has 0 aromatic rings. The monoisotopic (exact) mass is 440 g/mol. The van der Waals surface area contributed by atoms with Crippen molar-refractivity contribution in [3.8, 4) is 0 Å². The molecule has 0 aliphatic rings. The number of rotatable bonds is 13. The number of aliphatic hydroxyl groups is 2. The number of carboxylic acids is 1. The molecule has 11 nitrogen and oxygen atoms in total. The van der Waals surface area contributed by atoms with Crippen LogP contribution in [0.15, 0.2) is 0 Å². The SMILES string of the molecule is CSCCC(NC(=O)C(CO)NC(=O)C(CS)NC(=O)C(N)C(C)O)C(=O)O. The number of aliphatic carboxylic acids is 1. The summed E-state index contributed by atoms with van der Waals surface area (Å²) in [5.41, 5.74) is 5.48. The third-order valence-electron chi connectivity index (χ3n) is 3.68. The van der Waals surface area contributed by atoms with E-state index in [-0.39, 0.29) is 12.2 Å². The molecule has 8 N–H and O–H groups in total. The molecule has 0 radical (unpaired) electrons. The number of aliphatic hydroxyl groups excluding tert-OH is 2. The maximum absolute atomic E-state index is 12.3. The number of nitrogens with one attached hydrogen (secondary N) is 3. The van der Waals surface area contributed by atoms with Crippen LogP contribution in [0.1, 0.15) is 13.3 Å². The molecule has 5 unspecified atom stereocenters. The maximum atomic E-state index is 12.3. The van der Waals surface area contributed by atoms with Gasteiger partial charge in [-0.15, -0.1) is 0 Å².